The molecule has 0 unspecified atom stereocenters. The Morgan fingerprint density at radius 3 is 2.18 bits per heavy atom. The van der Waals surface area contributed by atoms with Crippen molar-refractivity contribution in [3.8, 4) is 22.5 Å². The zero-order valence-corrected chi connectivity index (χ0v) is 18.4. The van der Waals surface area contributed by atoms with E-state index in [4.69, 9.17) is 9.26 Å². The van der Waals surface area contributed by atoms with Gasteiger partial charge in [0.25, 0.3) is 0 Å². The summed E-state index contributed by atoms with van der Waals surface area (Å²) in [7, 11) is 0. The molecule has 1 fully saturated rings. The molecule has 7 heteroatoms. The third kappa shape index (κ3) is 4.02. The first-order chi connectivity index (χ1) is 15.9. The maximum atomic E-state index is 12.3. The minimum Gasteiger partial charge on any atom is -0.480 e. The molecule has 168 valence electrons. The molecular weight excluding hydrogens is 420 g/mol. The van der Waals surface area contributed by atoms with E-state index in [1.165, 1.54) is 0 Å². The summed E-state index contributed by atoms with van der Waals surface area (Å²) in [6.45, 7) is 3.67. The summed E-state index contributed by atoms with van der Waals surface area (Å²) in [4.78, 5) is 23.8. The molecule has 3 aromatic rings. The lowest BCUT2D eigenvalue weighted by atomic mass is 9.92. The van der Waals surface area contributed by atoms with Crippen LogP contribution in [-0.4, -0.2) is 28.4 Å². The summed E-state index contributed by atoms with van der Waals surface area (Å²) < 4.78 is 11.0. The highest BCUT2D eigenvalue weighted by Crippen LogP contribution is 2.40. The molecule has 0 saturated heterocycles. The number of nitrogens with zero attached hydrogens (tertiary/aromatic N) is 1. The number of carboxylic acids is 1. The predicted octanol–water partition coefficient (Wildman–Crippen LogP) is 5.56. The van der Waals surface area contributed by atoms with Gasteiger partial charge < -0.3 is 14.4 Å². The number of benzene rings is 2. The van der Waals surface area contributed by atoms with E-state index in [0.29, 0.717) is 23.1 Å². The molecule has 2 aliphatic carbocycles. The summed E-state index contributed by atoms with van der Waals surface area (Å²) in [5.41, 5.74) is 3.57. The van der Waals surface area contributed by atoms with Crippen LogP contribution >= 0.6 is 0 Å². The Balaban J connectivity index is 1.32. The van der Waals surface area contributed by atoms with E-state index in [1.54, 1.807) is 19.1 Å². The average molecular weight is 444 g/mol. The summed E-state index contributed by atoms with van der Waals surface area (Å²) in [5, 5.41) is 16.2. The Labute approximate surface area is 191 Å². The predicted molar refractivity (Wildman–Crippen MR) is 123 cm³/mol. The summed E-state index contributed by atoms with van der Waals surface area (Å²) in [6, 6.07) is 15.2. The summed E-state index contributed by atoms with van der Waals surface area (Å²) >= 11 is 0. The number of nitrogens with one attached hydrogen (secondary N) is 1. The van der Waals surface area contributed by atoms with E-state index in [2.05, 4.69) is 10.5 Å². The quantitative estimate of drug-likeness (QED) is 0.463. The van der Waals surface area contributed by atoms with Gasteiger partial charge in [-0.2, -0.15) is 0 Å². The first kappa shape index (κ1) is 21.0. The van der Waals surface area contributed by atoms with Gasteiger partial charge in [-0.1, -0.05) is 65.8 Å². The van der Waals surface area contributed by atoms with Gasteiger partial charge in [-0.15, -0.1) is 0 Å². The monoisotopic (exact) mass is 444 g/mol. The first-order valence-corrected chi connectivity index (χ1v) is 11.0. The number of ether oxygens (including phenoxy) is 1. The molecule has 2 aromatic carbocycles. The average Bonchev–Trinajstić information content (AvgIpc) is 3.73. The van der Waals surface area contributed by atoms with E-state index in [1.807, 2.05) is 55.5 Å². The van der Waals surface area contributed by atoms with Crippen molar-refractivity contribution in [1.29, 1.82) is 0 Å². The van der Waals surface area contributed by atoms with Crippen LogP contribution in [-0.2, 0) is 14.9 Å². The molecule has 1 aromatic heterocycles. The van der Waals surface area contributed by atoms with Crippen LogP contribution in [0.5, 0.6) is 0 Å². The number of carbonyl (C=O) groups is 2. The van der Waals surface area contributed by atoms with Gasteiger partial charge in [0, 0.05) is 5.56 Å². The SMILES string of the molecule is Cc1noc(-c2ccc(-c3ccc(C4(C(=O)O)C=C4)cc3)cc2)c1NC(=O)O[C@H](C)C1CC1. The van der Waals surface area contributed by atoms with E-state index in [0.717, 1.165) is 35.1 Å². The highest BCUT2D eigenvalue weighted by atomic mass is 16.6. The number of amides is 1. The van der Waals surface area contributed by atoms with Crippen molar-refractivity contribution in [3.05, 3.63) is 71.9 Å². The van der Waals surface area contributed by atoms with Crippen LogP contribution in [0.3, 0.4) is 0 Å². The van der Waals surface area contributed by atoms with Crippen molar-refractivity contribution < 1.29 is 24.0 Å². The topological polar surface area (TPSA) is 102 Å². The second-order valence-corrected chi connectivity index (χ2v) is 8.71. The highest BCUT2D eigenvalue weighted by Gasteiger charge is 2.44. The number of hydrogen-bond acceptors (Lipinski definition) is 5. The maximum absolute atomic E-state index is 12.3. The third-order valence-corrected chi connectivity index (χ3v) is 6.37. The molecule has 0 aliphatic heterocycles. The van der Waals surface area contributed by atoms with Crippen molar-refractivity contribution in [2.45, 2.75) is 38.2 Å². The van der Waals surface area contributed by atoms with Crippen molar-refractivity contribution in [2.75, 3.05) is 5.32 Å². The molecule has 33 heavy (non-hydrogen) atoms. The van der Waals surface area contributed by atoms with Gasteiger partial charge in [-0.25, -0.2) is 4.79 Å². The Morgan fingerprint density at radius 2 is 1.64 bits per heavy atom. The number of carbonyl (C=O) groups excluding carboxylic acids is 1. The Morgan fingerprint density at radius 1 is 1.06 bits per heavy atom. The number of aromatic nitrogens is 1. The van der Waals surface area contributed by atoms with Gasteiger partial charge in [0.1, 0.15) is 22.9 Å². The van der Waals surface area contributed by atoms with Crippen LogP contribution in [0.1, 0.15) is 31.0 Å². The smallest absolute Gasteiger partial charge is 0.412 e. The number of hydrogen-bond donors (Lipinski definition) is 2. The molecule has 1 atom stereocenters. The van der Waals surface area contributed by atoms with Gasteiger partial charge in [0.2, 0.25) is 0 Å². The van der Waals surface area contributed by atoms with Gasteiger partial charge in [-0.05, 0) is 49.3 Å². The number of rotatable bonds is 7. The molecule has 1 amide bonds. The van der Waals surface area contributed by atoms with E-state index in [-0.39, 0.29) is 6.10 Å². The maximum Gasteiger partial charge on any atom is 0.412 e. The van der Waals surface area contributed by atoms with Gasteiger partial charge >= 0.3 is 12.1 Å². The molecule has 2 N–H and O–H groups in total. The molecule has 0 spiro atoms. The number of aliphatic carboxylic acids is 1. The number of aryl methyl sites for hydroxylation is 1. The minimum atomic E-state index is -0.951. The molecular formula is C26H24N2O5. The zero-order chi connectivity index (χ0) is 23.2. The molecule has 1 saturated carbocycles. The zero-order valence-electron chi connectivity index (χ0n) is 18.4. The highest BCUT2D eigenvalue weighted by molar-refractivity contribution is 5.92. The fraction of sp³-hybridized carbons (Fsp3) is 0.269. The van der Waals surface area contributed by atoms with Crippen LogP contribution in [0.25, 0.3) is 22.5 Å². The normalized spacial score (nSPS) is 16.8. The summed E-state index contributed by atoms with van der Waals surface area (Å²) in [5.74, 6) is 0.0569. The van der Waals surface area contributed by atoms with Crippen molar-refractivity contribution >= 4 is 17.7 Å². The fourth-order valence-corrected chi connectivity index (χ4v) is 3.97. The lowest BCUT2D eigenvalue weighted by molar-refractivity contribution is -0.139. The Bertz CT molecular complexity index is 1230. The van der Waals surface area contributed by atoms with Crippen molar-refractivity contribution in [3.63, 3.8) is 0 Å². The molecule has 0 radical (unpaired) electrons. The minimum absolute atomic E-state index is 0.111. The standard InChI is InChI=1S/C26H24N2O5/c1-15-22(27-25(31)32-16(2)17-3-4-17)23(33-28-15)20-7-5-18(6-8-20)19-9-11-21(12-10-19)26(13-14-26)24(29)30/h5-14,16-17H,3-4H2,1-2H3,(H,27,31)(H,29,30)/t16-/m1/s1. The van der Waals surface area contributed by atoms with E-state index < -0.39 is 17.5 Å². The van der Waals surface area contributed by atoms with E-state index in [9.17, 15) is 14.7 Å². The largest absolute Gasteiger partial charge is 0.480 e. The van der Waals surface area contributed by atoms with Gasteiger partial charge in [-0.3, -0.25) is 10.1 Å². The van der Waals surface area contributed by atoms with Crippen molar-refractivity contribution in [2.24, 2.45) is 5.92 Å². The van der Waals surface area contributed by atoms with Gasteiger partial charge in [0.05, 0.1) is 0 Å². The second kappa shape index (κ2) is 7.92. The lowest BCUT2D eigenvalue weighted by Crippen LogP contribution is -2.21. The Kier molecular flexibility index (Phi) is 5.04. The number of anilines is 1. The molecule has 2 aliphatic rings. The van der Waals surface area contributed by atoms with E-state index >= 15 is 0 Å². The molecule has 5 rings (SSSR count). The Hall–Kier alpha value is -3.87. The fourth-order valence-electron chi connectivity index (χ4n) is 3.97. The first-order valence-electron chi connectivity index (χ1n) is 11.0. The van der Waals surface area contributed by atoms with Crippen molar-refractivity contribution in [1.82, 2.24) is 5.16 Å². The third-order valence-electron chi connectivity index (χ3n) is 6.37. The van der Waals surface area contributed by atoms with Crippen LogP contribution in [0, 0.1) is 12.8 Å². The van der Waals surface area contributed by atoms with Gasteiger partial charge in [0.15, 0.2) is 5.76 Å². The van der Waals surface area contributed by atoms with Crippen LogP contribution in [0.4, 0.5) is 10.5 Å². The lowest BCUT2D eigenvalue weighted by Gasteiger charge is -2.13. The van der Waals surface area contributed by atoms with Crippen LogP contribution in [0.2, 0.25) is 0 Å². The molecule has 1 heterocycles. The second-order valence-electron chi connectivity index (χ2n) is 8.71. The number of carboxylic acid groups (broad SMARTS) is 1. The van der Waals surface area contributed by atoms with Crippen LogP contribution in [0.15, 0.2) is 65.2 Å². The molecule has 7 nitrogen and oxygen atoms in total. The molecule has 0 bridgehead atoms. The summed E-state index contributed by atoms with van der Waals surface area (Å²) in [6.07, 6.45) is 4.94. The van der Waals surface area contributed by atoms with Crippen LogP contribution < -0.4 is 5.32 Å².